The van der Waals surface area contributed by atoms with E-state index in [0.717, 1.165) is 21.9 Å². The van der Waals surface area contributed by atoms with Gasteiger partial charge in [-0.15, -0.1) is 0 Å². The minimum Gasteiger partial charge on any atom is -0.462 e. The third kappa shape index (κ3) is 4.38. The second kappa shape index (κ2) is 9.14. The molecule has 5 rings (SSSR count). The highest BCUT2D eigenvalue weighted by molar-refractivity contribution is 5.94. The number of benzene rings is 3. The van der Waals surface area contributed by atoms with Gasteiger partial charge in [-0.1, -0.05) is 84.9 Å². The molecule has 33 heavy (non-hydrogen) atoms. The molecule has 0 aliphatic carbocycles. The van der Waals surface area contributed by atoms with Crippen LogP contribution in [-0.2, 0) is 19.0 Å². The van der Waals surface area contributed by atoms with Gasteiger partial charge in [0.05, 0.1) is 12.5 Å². The predicted molar refractivity (Wildman–Crippen MR) is 127 cm³/mol. The topological polar surface area (TPSA) is 61.8 Å². The van der Waals surface area contributed by atoms with Crippen molar-refractivity contribution >= 4 is 27.5 Å². The van der Waals surface area contributed by atoms with Gasteiger partial charge in [0.2, 0.25) is 0 Å². The maximum Gasteiger partial charge on any atom is 0.313 e. The zero-order chi connectivity index (χ0) is 22.8. The molecule has 5 heteroatoms. The Kier molecular flexibility index (Phi) is 5.90. The molecule has 1 aliphatic rings. The third-order valence-electron chi connectivity index (χ3n) is 6.05. The van der Waals surface area contributed by atoms with E-state index < -0.39 is 12.2 Å². The Morgan fingerprint density at radius 3 is 2.52 bits per heavy atom. The number of carbonyl (C=O) groups excluding carboxylic acids is 1. The molecule has 5 nitrogen and oxygen atoms in total. The average Bonchev–Trinajstić information content (AvgIpc) is 3.29. The van der Waals surface area contributed by atoms with Crippen LogP contribution in [0, 0.1) is 0 Å². The standard InChI is InChI=1S/C28H24O5/c1-18(27(30)31-16-23-17-32-28(33-23)20-8-3-2-4-9-20)21-13-14-25-22(15-21)12-11-19-7-5-6-10-24(19)26(25)29/h2-15,18,23,28H,16-17H2,1H3. The Morgan fingerprint density at radius 1 is 0.939 bits per heavy atom. The Labute approximate surface area is 191 Å². The fraction of sp³-hybridized carbons (Fsp3) is 0.214. The second-order valence-corrected chi connectivity index (χ2v) is 8.28. The van der Waals surface area contributed by atoms with Gasteiger partial charge in [0.15, 0.2) is 11.7 Å². The summed E-state index contributed by atoms with van der Waals surface area (Å²) in [4.78, 5) is 25.7. The van der Waals surface area contributed by atoms with Crippen LogP contribution in [0.25, 0.3) is 21.5 Å². The molecule has 166 valence electrons. The highest BCUT2D eigenvalue weighted by atomic mass is 16.7. The van der Waals surface area contributed by atoms with Gasteiger partial charge in [0.25, 0.3) is 0 Å². The summed E-state index contributed by atoms with van der Waals surface area (Å²) in [6.45, 7) is 2.30. The largest absolute Gasteiger partial charge is 0.462 e. The average molecular weight is 440 g/mol. The first kappa shape index (κ1) is 21.3. The third-order valence-corrected chi connectivity index (χ3v) is 6.05. The van der Waals surface area contributed by atoms with Crippen molar-refractivity contribution in [2.75, 3.05) is 13.2 Å². The Hall–Kier alpha value is -3.54. The molecular formula is C28H24O5. The lowest BCUT2D eigenvalue weighted by molar-refractivity contribution is -0.149. The summed E-state index contributed by atoms with van der Waals surface area (Å²) in [5, 5.41) is 3.00. The minimum absolute atomic E-state index is 0.0151. The fourth-order valence-corrected chi connectivity index (χ4v) is 4.13. The van der Waals surface area contributed by atoms with Crippen molar-refractivity contribution in [3.05, 3.63) is 106 Å². The molecule has 3 atom stereocenters. The van der Waals surface area contributed by atoms with Gasteiger partial charge in [-0.2, -0.15) is 0 Å². The van der Waals surface area contributed by atoms with Crippen LogP contribution in [0.15, 0.2) is 89.7 Å². The van der Waals surface area contributed by atoms with E-state index in [9.17, 15) is 9.59 Å². The summed E-state index contributed by atoms with van der Waals surface area (Å²) in [5.74, 6) is -0.814. The van der Waals surface area contributed by atoms with Gasteiger partial charge in [0, 0.05) is 16.3 Å². The molecule has 1 aliphatic heterocycles. The molecule has 0 N–H and O–H groups in total. The SMILES string of the molecule is CC(C(=O)OCC1COC(c2ccccc2)O1)c1ccc2c(=O)c3ccccc3ccc2c1. The van der Waals surface area contributed by atoms with Gasteiger partial charge >= 0.3 is 5.97 Å². The molecule has 0 radical (unpaired) electrons. The first-order chi connectivity index (χ1) is 16.1. The van der Waals surface area contributed by atoms with Gasteiger partial charge in [0.1, 0.15) is 12.7 Å². The number of hydrogen-bond acceptors (Lipinski definition) is 5. The molecule has 0 amide bonds. The van der Waals surface area contributed by atoms with Gasteiger partial charge in [-0.25, -0.2) is 0 Å². The maximum atomic E-state index is 13.0. The number of rotatable bonds is 5. The van der Waals surface area contributed by atoms with Crippen molar-refractivity contribution in [3.63, 3.8) is 0 Å². The van der Waals surface area contributed by atoms with Gasteiger partial charge in [-0.3, -0.25) is 9.59 Å². The van der Waals surface area contributed by atoms with Crippen LogP contribution in [0.2, 0.25) is 0 Å². The van der Waals surface area contributed by atoms with Crippen LogP contribution in [-0.4, -0.2) is 25.3 Å². The minimum atomic E-state index is -0.475. The molecule has 0 saturated carbocycles. The zero-order valence-corrected chi connectivity index (χ0v) is 18.3. The summed E-state index contributed by atoms with van der Waals surface area (Å²) in [7, 11) is 0. The number of carbonyl (C=O) groups is 1. The van der Waals surface area contributed by atoms with E-state index in [2.05, 4.69) is 0 Å². The molecule has 1 heterocycles. The van der Waals surface area contributed by atoms with Crippen LogP contribution in [0.4, 0.5) is 0 Å². The second-order valence-electron chi connectivity index (χ2n) is 8.28. The van der Waals surface area contributed by atoms with Crippen molar-refractivity contribution in [1.82, 2.24) is 0 Å². The van der Waals surface area contributed by atoms with Crippen molar-refractivity contribution in [2.45, 2.75) is 25.2 Å². The van der Waals surface area contributed by atoms with E-state index in [0.29, 0.717) is 17.4 Å². The lowest BCUT2D eigenvalue weighted by atomic mass is 9.98. The normalized spacial score (nSPS) is 18.9. The lowest BCUT2D eigenvalue weighted by Gasteiger charge is -2.15. The first-order valence-corrected chi connectivity index (χ1v) is 11.0. The molecule has 1 saturated heterocycles. The smallest absolute Gasteiger partial charge is 0.313 e. The Balaban J connectivity index is 1.28. The van der Waals surface area contributed by atoms with E-state index in [1.165, 1.54) is 0 Å². The Bertz CT molecular complexity index is 1370. The van der Waals surface area contributed by atoms with Crippen LogP contribution in [0.5, 0.6) is 0 Å². The maximum absolute atomic E-state index is 13.0. The summed E-state index contributed by atoms with van der Waals surface area (Å²) in [6.07, 6.45) is -0.747. The van der Waals surface area contributed by atoms with E-state index in [-0.39, 0.29) is 24.1 Å². The first-order valence-electron chi connectivity index (χ1n) is 11.0. The summed E-state index contributed by atoms with van der Waals surface area (Å²) < 4.78 is 17.1. The quantitative estimate of drug-likeness (QED) is 0.404. The van der Waals surface area contributed by atoms with Crippen molar-refractivity contribution in [3.8, 4) is 0 Å². The predicted octanol–water partition coefficient (Wildman–Crippen LogP) is 5.11. The lowest BCUT2D eigenvalue weighted by Crippen LogP contribution is -2.23. The molecule has 3 unspecified atom stereocenters. The summed E-state index contributed by atoms with van der Waals surface area (Å²) in [5.41, 5.74) is 1.72. The molecule has 0 bridgehead atoms. The molecule has 0 aromatic heterocycles. The van der Waals surface area contributed by atoms with Crippen LogP contribution in [0.3, 0.4) is 0 Å². The van der Waals surface area contributed by atoms with Gasteiger partial charge < -0.3 is 14.2 Å². The highest BCUT2D eigenvalue weighted by Crippen LogP contribution is 2.27. The molecular weight excluding hydrogens is 416 g/mol. The number of hydrogen-bond donors (Lipinski definition) is 0. The fourth-order valence-electron chi connectivity index (χ4n) is 4.13. The molecule has 4 aromatic rings. The van der Waals surface area contributed by atoms with E-state index in [1.807, 2.05) is 78.9 Å². The van der Waals surface area contributed by atoms with Crippen LogP contribution < -0.4 is 5.43 Å². The molecule has 0 spiro atoms. The van der Waals surface area contributed by atoms with Crippen molar-refractivity contribution in [1.29, 1.82) is 0 Å². The Morgan fingerprint density at radius 2 is 1.67 bits per heavy atom. The van der Waals surface area contributed by atoms with Crippen LogP contribution >= 0.6 is 0 Å². The number of esters is 1. The van der Waals surface area contributed by atoms with Crippen molar-refractivity contribution < 1.29 is 19.0 Å². The van der Waals surface area contributed by atoms with Gasteiger partial charge in [-0.05, 0) is 23.3 Å². The molecule has 1 fully saturated rings. The monoisotopic (exact) mass is 440 g/mol. The van der Waals surface area contributed by atoms with E-state index in [4.69, 9.17) is 14.2 Å². The number of fused-ring (bicyclic) bond motifs is 2. The molecule has 4 aromatic carbocycles. The zero-order valence-electron chi connectivity index (χ0n) is 18.3. The highest BCUT2D eigenvalue weighted by Gasteiger charge is 2.29. The van der Waals surface area contributed by atoms with E-state index >= 15 is 0 Å². The van der Waals surface area contributed by atoms with E-state index in [1.54, 1.807) is 13.0 Å². The summed E-state index contributed by atoms with van der Waals surface area (Å²) in [6, 6.07) is 26.6. The van der Waals surface area contributed by atoms with Crippen molar-refractivity contribution in [2.24, 2.45) is 0 Å². The number of ether oxygens (including phenoxy) is 3. The van der Waals surface area contributed by atoms with Crippen LogP contribution in [0.1, 0.15) is 30.3 Å². The summed E-state index contributed by atoms with van der Waals surface area (Å²) >= 11 is 0.